The van der Waals surface area contributed by atoms with E-state index in [1.54, 1.807) is 0 Å². The average Bonchev–Trinajstić information content (AvgIpc) is 2.60. The Morgan fingerprint density at radius 3 is 2.84 bits per heavy atom. The molecule has 1 aliphatic heterocycles. The molecule has 1 heterocycles. The number of carbonyl (C=O) groups excluding carboxylic acids is 1. The van der Waals surface area contributed by atoms with Gasteiger partial charge in [-0.1, -0.05) is 32.0 Å². The van der Waals surface area contributed by atoms with Crippen molar-refractivity contribution in [3.8, 4) is 0 Å². The largest absolute Gasteiger partial charge is 0.358 e. The molecular formula is C15H23N3O. The minimum atomic E-state index is -0.262. The molecule has 0 bridgehead atoms. The van der Waals surface area contributed by atoms with Gasteiger partial charge in [0.15, 0.2) is 0 Å². The molecule has 1 fully saturated rings. The molecule has 1 aliphatic rings. The predicted octanol–water partition coefficient (Wildman–Crippen LogP) is 1.46. The molecule has 0 radical (unpaired) electrons. The van der Waals surface area contributed by atoms with E-state index in [9.17, 15) is 4.79 Å². The summed E-state index contributed by atoms with van der Waals surface area (Å²) in [4.78, 5) is 14.2. The summed E-state index contributed by atoms with van der Waals surface area (Å²) >= 11 is 0. The van der Waals surface area contributed by atoms with Gasteiger partial charge in [0.05, 0.1) is 0 Å². The Balaban J connectivity index is 2.39. The molecule has 1 saturated heterocycles. The standard InChI is InChI=1S/C15H23N3O/c1-11(2)12-6-3-4-7-13(12)18-9-5-8-17-15(19)14(18)10-16/h3-4,6-7,11,14H,5,8-10,16H2,1-2H3,(H,17,19). The molecule has 1 unspecified atom stereocenters. The topological polar surface area (TPSA) is 58.4 Å². The highest BCUT2D eigenvalue weighted by Gasteiger charge is 2.28. The number of nitrogens with two attached hydrogens (primary N) is 1. The Bertz CT molecular complexity index is 445. The molecule has 0 spiro atoms. The van der Waals surface area contributed by atoms with Gasteiger partial charge >= 0.3 is 0 Å². The van der Waals surface area contributed by atoms with Crippen LogP contribution in [0.4, 0.5) is 5.69 Å². The van der Waals surface area contributed by atoms with Crippen LogP contribution in [-0.2, 0) is 4.79 Å². The summed E-state index contributed by atoms with van der Waals surface area (Å²) in [6, 6.07) is 8.04. The third-order valence-electron chi connectivity index (χ3n) is 3.65. The van der Waals surface area contributed by atoms with E-state index in [4.69, 9.17) is 5.73 Å². The van der Waals surface area contributed by atoms with Crippen LogP contribution < -0.4 is 16.0 Å². The monoisotopic (exact) mass is 261 g/mol. The zero-order valence-electron chi connectivity index (χ0n) is 11.7. The summed E-state index contributed by atoms with van der Waals surface area (Å²) in [7, 11) is 0. The second-order valence-electron chi connectivity index (χ2n) is 5.30. The Morgan fingerprint density at radius 1 is 1.42 bits per heavy atom. The fourth-order valence-corrected chi connectivity index (χ4v) is 2.64. The van der Waals surface area contributed by atoms with Crippen LogP contribution in [0.2, 0.25) is 0 Å². The van der Waals surface area contributed by atoms with E-state index in [0.29, 0.717) is 12.5 Å². The summed E-state index contributed by atoms with van der Waals surface area (Å²) in [5, 5.41) is 2.93. The van der Waals surface area contributed by atoms with E-state index in [2.05, 4.69) is 36.2 Å². The van der Waals surface area contributed by atoms with Gasteiger partial charge in [0.25, 0.3) is 0 Å². The number of para-hydroxylation sites is 1. The highest BCUT2D eigenvalue weighted by atomic mass is 16.2. The number of anilines is 1. The molecule has 1 amide bonds. The molecule has 19 heavy (non-hydrogen) atoms. The fourth-order valence-electron chi connectivity index (χ4n) is 2.64. The normalized spacial score (nSPS) is 20.3. The van der Waals surface area contributed by atoms with Crippen molar-refractivity contribution in [3.63, 3.8) is 0 Å². The molecule has 3 N–H and O–H groups in total. The minimum Gasteiger partial charge on any atom is -0.358 e. The van der Waals surface area contributed by atoms with Crippen molar-refractivity contribution >= 4 is 11.6 Å². The fraction of sp³-hybridized carbons (Fsp3) is 0.533. The van der Waals surface area contributed by atoms with Crippen LogP contribution in [0.1, 0.15) is 31.7 Å². The van der Waals surface area contributed by atoms with Crippen LogP contribution in [0.5, 0.6) is 0 Å². The van der Waals surface area contributed by atoms with E-state index in [1.807, 2.05) is 12.1 Å². The molecule has 2 rings (SSSR count). The van der Waals surface area contributed by atoms with Crippen molar-refractivity contribution in [2.75, 3.05) is 24.5 Å². The maximum absolute atomic E-state index is 12.1. The molecule has 104 valence electrons. The zero-order chi connectivity index (χ0) is 13.8. The van der Waals surface area contributed by atoms with Crippen LogP contribution in [0.3, 0.4) is 0 Å². The van der Waals surface area contributed by atoms with Crippen molar-refractivity contribution in [1.82, 2.24) is 5.32 Å². The van der Waals surface area contributed by atoms with Gasteiger partial charge in [0.2, 0.25) is 5.91 Å². The molecule has 4 nitrogen and oxygen atoms in total. The average molecular weight is 261 g/mol. The molecule has 0 aromatic heterocycles. The lowest BCUT2D eigenvalue weighted by Gasteiger charge is -2.32. The smallest absolute Gasteiger partial charge is 0.244 e. The quantitative estimate of drug-likeness (QED) is 0.866. The van der Waals surface area contributed by atoms with Gasteiger partial charge in [-0.05, 0) is 24.0 Å². The number of amides is 1. The summed E-state index contributed by atoms with van der Waals surface area (Å²) < 4.78 is 0. The third kappa shape index (κ3) is 2.89. The lowest BCUT2D eigenvalue weighted by atomic mass is 9.99. The summed E-state index contributed by atoms with van der Waals surface area (Å²) in [6.07, 6.45) is 0.953. The van der Waals surface area contributed by atoms with Crippen molar-refractivity contribution in [3.05, 3.63) is 29.8 Å². The van der Waals surface area contributed by atoms with Gasteiger partial charge in [-0.2, -0.15) is 0 Å². The summed E-state index contributed by atoms with van der Waals surface area (Å²) in [5.74, 6) is 0.472. The first-order chi connectivity index (χ1) is 9.15. The van der Waals surface area contributed by atoms with Crippen LogP contribution in [-0.4, -0.2) is 31.6 Å². The van der Waals surface area contributed by atoms with E-state index < -0.39 is 0 Å². The number of hydrogen-bond acceptors (Lipinski definition) is 3. The Hall–Kier alpha value is -1.55. The molecule has 1 aromatic carbocycles. The third-order valence-corrected chi connectivity index (χ3v) is 3.65. The van der Waals surface area contributed by atoms with Crippen molar-refractivity contribution in [1.29, 1.82) is 0 Å². The van der Waals surface area contributed by atoms with Gasteiger partial charge in [0.1, 0.15) is 6.04 Å². The second-order valence-corrected chi connectivity index (χ2v) is 5.30. The number of nitrogens with zero attached hydrogens (tertiary/aromatic N) is 1. The number of benzene rings is 1. The van der Waals surface area contributed by atoms with E-state index in [0.717, 1.165) is 25.2 Å². The molecule has 1 atom stereocenters. The highest BCUT2D eigenvalue weighted by Crippen LogP contribution is 2.29. The maximum Gasteiger partial charge on any atom is 0.244 e. The van der Waals surface area contributed by atoms with Crippen molar-refractivity contribution in [2.45, 2.75) is 32.2 Å². The van der Waals surface area contributed by atoms with Crippen LogP contribution >= 0.6 is 0 Å². The van der Waals surface area contributed by atoms with Gasteiger partial charge in [-0.3, -0.25) is 4.79 Å². The Kier molecular flexibility index (Phi) is 4.43. The van der Waals surface area contributed by atoms with E-state index in [-0.39, 0.29) is 11.9 Å². The Morgan fingerprint density at radius 2 is 2.16 bits per heavy atom. The lowest BCUT2D eigenvalue weighted by Crippen LogP contribution is -2.49. The maximum atomic E-state index is 12.1. The van der Waals surface area contributed by atoms with Gasteiger partial charge in [-0.15, -0.1) is 0 Å². The minimum absolute atomic E-state index is 0.0403. The number of carbonyl (C=O) groups is 1. The SMILES string of the molecule is CC(C)c1ccccc1N1CCCNC(=O)C1CN. The van der Waals surface area contributed by atoms with Gasteiger partial charge in [0, 0.05) is 25.3 Å². The van der Waals surface area contributed by atoms with Gasteiger partial charge < -0.3 is 16.0 Å². The van der Waals surface area contributed by atoms with E-state index >= 15 is 0 Å². The Labute approximate surface area is 115 Å². The molecule has 0 aliphatic carbocycles. The van der Waals surface area contributed by atoms with Crippen molar-refractivity contribution < 1.29 is 4.79 Å². The highest BCUT2D eigenvalue weighted by molar-refractivity contribution is 5.86. The van der Waals surface area contributed by atoms with Crippen molar-refractivity contribution in [2.24, 2.45) is 5.73 Å². The molecule has 4 heteroatoms. The van der Waals surface area contributed by atoms with Crippen LogP contribution in [0, 0.1) is 0 Å². The van der Waals surface area contributed by atoms with Crippen LogP contribution in [0.25, 0.3) is 0 Å². The first-order valence-electron chi connectivity index (χ1n) is 6.98. The molecular weight excluding hydrogens is 238 g/mol. The molecule has 0 saturated carbocycles. The van der Waals surface area contributed by atoms with Crippen LogP contribution in [0.15, 0.2) is 24.3 Å². The van der Waals surface area contributed by atoms with E-state index in [1.165, 1.54) is 5.56 Å². The number of nitrogens with one attached hydrogen (secondary N) is 1. The first kappa shape index (κ1) is 13.9. The lowest BCUT2D eigenvalue weighted by molar-refractivity contribution is -0.121. The first-order valence-corrected chi connectivity index (χ1v) is 6.98. The zero-order valence-corrected chi connectivity index (χ0v) is 11.7. The summed E-state index contributed by atoms with van der Waals surface area (Å²) in [5.41, 5.74) is 8.23. The van der Waals surface area contributed by atoms with Gasteiger partial charge in [-0.25, -0.2) is 0 Å². The summed E-state index contributed by atoms with van der Waals surface area (Å²) in [6.45, 7) is 6.29. The predicted molar refractivity (Wildman–Crippen MR) is 78.3 cm³/mol. The number of hydrogen-bond donors (Lipinski definition) is 2. The number of rotatable bonds is 3. The second kappa shape index (κ2) is 6.06. The molecule has 1 aromatic rings.